The van der Waals surface area contributed by atoms with Gasteiger partial charge in [0.05, 0.1) is 11.1 Å². The minimum absolute atomic E-state index is 0.287. The molecule has 0 saturated heterocycles. The predicted octanol–water partition coefficient (Wildman–Crippen LogP) is 4.76. The van der Waals surface area contributed by atoms with E-state index in [1.165, 1.54) is 0 Å². The van der Waals surface area contributed by atoms with Crippen LogP contribution < -0.4 is 0 Å². The van der Waals surface area contributed by atoms with Crippen LogP contribution in [0.2, 0.25) is 0 Å². The molecule has 22 heavy (non-hydrogen) atoms. The summed E-state index contributed by atoms with van der Waals surface area (Å²) in [6.45, 7) is 3.79. The number of halogens is 2. The van der Waals surface area contributed by atoms with Crippen molar-refractivity contribution in [2.24, 2.45) is 0 Å². The van der Waals surface area contributed by atoms with Crippen LogP contribution in [0.5, 0.6) is 0 Å². The summed E-state index contributed by atoms with van der Waals surface area (Å²) >= 11 is 6.65. The van der Waals surface area contributed by atoms with Crippen LogP contribution in [0.4, 0.5) is 0 Å². The van der Waals surface area contributed by atoms with E-state index < -0.39 is 11.9 Å². The fourth-order valence-corrected chi connectivity index (χ4v) is 2.37. The summed E-state index contributed by atoms with van der Waals surface area (Å²) in [5.41, 5.74) is 2.54. The molecule has 2 aromatic carbocycles. The monoisotopic (exact) mass is 426 g/mol. The third-order valence-electron chi connectivity index (χ3n) is 3.01. The van der Waals surface area contributed by atoms with Crippen LogP contribution in [0.15, 0.2) is 45.3 Å². The number of carbonyl (C=O) groups excluding carboxylic acids is 2. The summed E-state index contributed by atoms with van der Waals surface area (Å²) < 4.78 is 1.55. The van der Waals surface area contributed by atoms with E-state index in [9.17, 15) is 9.59 Å². The lowest BCUT2D eigenvalue weighted by Crippen LogP contribution is -2.12. The van der Waals surface area contributed by atoms with Gasteiger partial charge in [0.2, 0.25) is 0 Å². The van der Waals surface area contributed by atoms with Crippen molar-refractivity contribution < 1.29 is 19.4 Å². The van der Waals surface area contributed by atoms with Gasteiger partial charge in [-0.05, 0) is 49.2 Å². The summed E-state index contributed by atoms with van der Waals surface area (Å²) in [5.74, 6) is -1.47. The minimum atomic E-state index is -0.736. The molecule has 0 unspecified atom stereocenters. The first kappa shape index (κ1) is 16.7. The van der Waals surface area contributed by atoms with Gasteiger partial charge < -0.3 is 0 Å². The maximum Gasteiger partial charge on any atom is 0.386 e. The van der Waals surface area contributed by atoms with E-state index >= 15 is 0 Å². The fourth-order valence-electron chi connectivity index (χ4n) is 1.61. The molecule has 0 amide bonds. The number of carbonyl (C=O) groups is 2. The molecule has 2 aromatic rings. The predicted molar refractivity (Wildman–Crippen MR) is 88.6 cm³/mol. The van der Waals surface area contributed by atoms with Gasteiger partial charge in [0.25, 0.3) is 0 Å². The lowest BCUT2D eigenvalue weighted by Gasteiger charge is -2.05. The Morgan fingerprint density at radius 2 is 1.14 bits per heavy atom. The van der Waals surface area contributed by atoms with Crippen molar-refractivity contribution >= 4 is 43.8 Å². The van der Waals surface area contributed by atoms with Gasteiger partial charge in [-0.25, -0.2) is 19.4 Å². The zero-order valence-electron chi connectivity index (χ0n) is 11.9. The Hall–Kier alpha value is -1.66. The third kappa shape index (κ3) is 3.96. The van der Waals surface area contributed by atoms with E-state index in [-0.39, 0.29) is 11.1 Å². The van der Waals surface area contributed by atoms with E-state index in [0.717, 1.165) is 20.1 Å². The highest BCUT2D eigenvalue weighted by Gasteiger charge is 2.15. The molecular formula is C16H12Br2O4. The number of benzene rings is 2. The number of rotatable bonds is 2. The van der Waals surface area contributed by atoms with Crippen molar-refractivity contribution in [1.29, 1.82) is 0 Å². The molecule has 0 bridgehead atoms. The van der Waals surface area contributed by atoms with Crippen molar-refractivity contribution in [2.45, 2.75) is 13.8 Å². The fraction of sp³-hybridized carbons (Fsp3) is 0.125. The van der Waals surface area contributed by atoms with Gasteiger partial charge in [0.15, 0.2) is 0 Å². The van der Waals surface area contributed by atoms with Crippen LogP contribution in [0, 0.1) is 13.8 Å². The molecule has 6 heteroatoms. The standard InChI is InChI=1S/C16H12Br2O4/c1-9-3-5-11(7-13(9)17)15(19)21-22-16(20)12-6-4-10(2)14(18)8-12/h3-8H,1-2H3. The van der Waals surface area contributed by atoms with Gasteiger partial charge in [-0.3, -0.25) is 0 Å². The Kier molecular flexibility index (Phi) is 5.37. The molecule has 0 fully saturated rings. The van der Waals surface area contributed by atoms with E-state index in [1.807, 2.05) is 13.8 Å². The normalized spacial score (nSPS) is 10.2. The van der Waals surface area contributed by atoms with Gasteiger partial charge in [-0.2, -0.15) is 0 Å². The van der Waals surface area contributed by atoms with Crippen LogP contribution in [0.25, 0.3) is 0 Å². The minimum Gasteiger partial charge on any atom is -0.242 e. The van der Waals surface area contributed by atoms with Crippen LogP contribution in [0.3, 0.4) is 0 Å². The summed E-state index contributed by atoms with van der Waals surface area (Å²) in [6, 6.07) is 9.93. The average molecular weight is 428 g/mol. The van der Waals surface area contributed by atoms with Gasteiger partial charge in [0, 0.05) is 8.95 Å². The average Bonchev–Trinajstić information content (AvgIpc) is 2.50. The van der Waals surface area contributed by atoms with E-state index in [4.69, 9.17) is 0 Å². The van der Waals surface area contributed by atoms with Crippen LogP contribution >= 0.6 is 31.9 Å². The summed E-state index contributed by atoms with van der Waals surface area (Å²) in [6.07, 6.45) is 0. The first-order chi connectivity index (χ1) is 10.4. The molecular weight excluding hydrogens is 416 g/mol. The summed E-state index contributed by atoms with van der Waals surface area (Å²) in [5, 5.41) is 0. The maximum atomic E-state index is 11.8. The Labute approximate surface area is 144 Å². The molecule has 0 aliphatic carbocycles. The van der Waals surface area contributed by atoms with Crippen molar-refractivity contribution in [3.63, 3.8) is 0 Å². The van der Waals surface area contributed by atoms with Crippen molar-refractivity contribution in [2.75, 3.05) is 0 Å². The van der Waals surface area contributed by atoms with Crippen molar-refractivity contribution in [1.82, 2.24) is 0 Å². The highest BCUT2D eigenvalue weighted by Crippen LogP contribution is 2.19. The number of hydrogen-bond donors (Lipinski definition) is 0. The first-order valence-electron chi connectivity index (χ1n) is 6.34. The molecule has 0 aromatic heterocycles. The molecule has 0 aliphatic rings. The zero-order valence-corrected chi connectivity index (χ0v) is 15.0. The molecule has 0 N–H and O–H groups in total. The van der Waals surface area contributed by atoms with Gasteiger partial charge >= 0.3 is 11.9 Å². The third-order valence-corrected chi connectivity index (χ3v) is 4.72. The maximum absolute atomic E-state index is 11.8. The highest BCUT2D eigenvalue weighted by molar-refractivity contribution is 9.10. The van der Waals surface area contributed by atoms with Crippen LogP contribution in [-0.2, 0) is 9.78 Å². The molecule has 0 radical (unpaired) electrons. The molecule has 0 spiro atoms. The van der Waals surface area contributed by atoms with Crippen LogP contribution in [-0.4, -0.2) is 11.9 Å². The largest absolute Gasteiger partial charge is 0.386 e. The molecule has 0 saturated carbocycles. The Bertz CT molecular complexity index is 677. The molecule has 114 valence electrons. The molecule has 0 aliphatic heterocycles. The molecule has 4 nitrogen and oxygen atoms in total. The van der Waals surface area contributed by atoms with Crippen molar-refractivity contribution in [3.05, 3.63) is 67.6 Å². The SMILES string of the molecule is Cc1ccc(C(=O)OOC(=O)c2ccc(C)c(Br)c2)cc1Br. The lowest BCUT2D eigenvalue weighted by atomic mass is 10.1. The van der Waals surface area contributed by atoms with Gasteiger partial charge in [-0.15, -0.1) is 0 Å². The molecule has 2 rings (SSSR count). The van der Waals surface area contributed by atoms with Gasteiger partial charge in [-0.1, -0.05) is 44.0 Å². The van der Waals surface area contributed by atoms with E-state index in [1.54, 1.807) is 36.4 Å². The summed E-state index contributed by atoms with van der Waals surface area (Å²) in [4.78, 5) is 32.8. The quantitative estimate of drug-likeness (QED) is 0.512. The highest BCUT2D eigenvalue weighted by atomic mass is 79.9. The van der Waals surface area contributed by atoms with E-state index in [2.05, 4.69) is 41.6 Å². The number of hydrogen-bond acceptors (Lipinski definition) is 4. The second-order valence-corrected chi connectivity index (χ2v) is 6.38. The zero-order chi connectivity index (χ0) is 16.3. The number of aryl methyl sites for hydroxylation is 2. The first-order valence-corrected chi connectivity index (χ1v) is 7.92. The smallest absolute Gasteiger partial charge is 0.242 e. The lowest BCUT2D eigenvalue weighted by molar-refractivity contribution is -0.187. The topological polar surface area (TPSA) is 52.6 Å². The van der Waals surface area contributed by atoms with Gasteiger partial charge in [0.1, 0.15) is 0 Å². The van der Waals surface area contributed by atoms with Crippen LogP contribution in [0.1, 0.15) is 31.8 Å². The Balaban J connectivity index is 2.02. The molecule has 0 heterocycles. The van der Waals surface area contributed by atoms with E-state index in [0.29, 0.717) is 0 Å². The Morgan fingerprint density at radius 3 is 1.45 bits per heavy atom. The second-order valence-electron chi connectivity index (χ2n) is 4.67. The molecule has 0 atom stereocenters. The van der Waals surface area contributed by atoms with Crippen molar-refractivity contribution in [3.8, 4) is 0 Å². The summed E-state index contributed by atoms with van der Waals surface area (Å²) in [7, 11) is 0. The second kappa shape index (κ2) is 7.07. The Morgan fingerprint density at radius 1 is 0.773 bits per heavy atom.